The standard InChI is InChI=1S/C17H21ClN4O2S3/c1-16(2)15(19)21-17(3,9-27(16,4)24)13-11(18)7-12(26-13)14(23)20-8-10-5-6-25-22-10/h5-7H,4,8-9H2,1-3H3,(H2,19,21)(H,20,23)/t17-,27?/m0/s1. The van der Waals surface area contributed by atoms with Crippen LogP contribution in [0.1, 0.15) is 41.0 Å². The van der Waals surface area contributed by atoms with Crippen molar-refractivity contribution in [1.29, 1.82) is 0 Å². The molecule has 2 aromatic heterocycles. The quantitative estimate of drug-likeness (QED) is 0.708. The second-order valence-electron chi connectivity index (χ2n) is 7.20. The molecular formula is C17H21ClN4O2S3. The topological polar surface area (TPSA) is 97.4 Å². The number of carbonyl (C=O) groups is 1. The van der Waals surface area contributed by atoms with Gasteiger partial charge in [-0.1, -0.05) is 11.6 Å². The summed E-state index contributed by atoms with van der Waals surface area (Å²) in [6.45, 7) is 5.74. The summed E-state index contributed by atoms with van der Waals surface area (Å²) in [4.78, 5) is 18.2. The van der Waals surface area contributed by atoms with E-state index in [1.165, 1.54) is 22.9 Å². The fourth-order valence-electron chi connectivity index (χ4n) is 2.81. The van der Waals surface area contributed by atoms with E-state index in [2.05, 4.69) is 20.6 Å². The van der Waals surface area contributed by atoms with Crippen molar-refractivity contribution in [2.24, 2.45) is 10.7 Å². The van der Waals surface area contributed by atoms with E-state index in [0.717, 1.165) is 5.69 Å². The number of hydrogen-bond donors (Lipinski definition) is 2. The lowest BCUT2D eigenvalue weighted by molar-refractivity contribution is 0.0954. The van der Waals surface area contributed by atoms with Crippen LogP contribution in [0.3, 0.4) is 0 Å². The number of thiophene rings is 1. The molecule has 27 heavy (non-hydrogen) atoms. The molecule has 0 saturated carbocycles. The molecule has 10 heteroatoms. The van der Waals surface area contributed by atoms with Crippen LogP contribution >= 0.6 is 34.5 Å². The minimum absolute atomic E-state index is 0.216. The van der Waals surface area contributed by atoms with Gasteiger partial charge in [0.2, 0.25) is 0 Å². The molecule has 2 atom stereocenters. The lowest BCUT2D eigenvalue weighted by atomic mass is 10.0. The molecule has 1 aliphatic rings. The Morgan fingerprint density at radius 2 is 2.19 bits per heavy atom. The van der Waals surface area contributed by atoms with Gasteiger partial charge >= 0.3 is 0 Å². The molecule has 0 aliphatic carbocycles. The van der Waals surface area contributed by atoms with Crippen LogP contribution in [0.15, 0.2) is 22.5 Å². The third-order valence-electron chi connectivity index (χ3n) is 4.75. The SMILES string of the molecule is C=S1(=O)C[C@@](C)(c2sc(C(=O)NCc3ccsn3)cc2Cl)N=C(N)C1(C)C. The first-order valence-corrected chi connectivity index (χ1v) is 12.1. The molecule has 6 nitrogen and oxygen atoms in total. The van der Waals surface area contributed by atoms with Crippen molar-refractivity contribution in [2.45, 2.75) is 37.6 Å². The average molecular weight is 445 g/mol. The number of hydrogen-bond acceptors (Lipinski definition) is 7. The van der Waals surface area contributed by atoms with Crippen LogP contribution in [0.25, 0.3) is 0 Å². The van der Waals surface area contributed by atoms with Crippen molar-refractivity contribution in [3.05, 3.63) is 38.0 Å². The van der Waals surface area contributed by atoms with Gasteiger partial charge in [0.25, 0.3) is 5.91 Å². The van der Waals surface area contributed by atoms with Gasteiger partial charge in [0.1, 0.15) is 11.4 Å². The zero-order valence-corrected chi connectivity index (χ0v) is 18.4. The highest BCUT2D eigenvalue weighted by Crippen LogP contribution is 2.43. The number of nitrogens with zero attached hydrogens (tertiary/aromatic N) is 2. The van der Waals surface area contributed by atoms with E-state index in [4.69, 9.17) is 17.3 Å². The van der Waals surface area contributed by atoms with Crippen LogP contribution < -0.4 is 11.1 Å². The summed E-state index contributed by atoms with van der Waals surface area (Å²) >= 11 is 8.99. The van der Waals surface area contributed by atoms with Crippen LogP contribution in [0.2, 0.25) is 5.02 Å². The van der Waals surface area contributed by atoms with E-state index in [1.807, 2.05) is 18.4 Å². The first-order valence-electron chi connectivity index (χ1n) is 8.14. The minimum atomic E-state index is -2.55. The van der Waals surface area contributed by atoms with Crippen molar-refractivity contribution < 1.29 is 9.00 Å². The Morgan fingerprint density at radius 3 is 2.78 bits per heavy atom. The predicted molar refractivity (Wildman–Crippen MR) is 116 cm³/mol. The van der Waals surface area contributed by atoms with E-state index in [9.17, 15) is 9.00 Å². The molecule has 0 saturated heterocycles. The van der Waals surface area contributed by atoms with Gasteiger partial charge in [-0.25, -0.2) is 0 Å². The Kier molecular flexibility index (Phi) is 5.17. The van der Waals surface area contributed by atoms with Gasteiger partial charge in [0.05, 0.1) is 31.8 Å². The maximum absolute atomic E-state index is 13.1. The van der Waals surface area contributed by atoms with E-state index >= 15 is 0 Å². The lowest BCUT2D eigenvalue weighted by Crippen LogP contribution is -2.54. The van der Waals surface area contributed by atoms with Crippen LogP contribution in [-0.4, -0.2) is 36.7 Å². The van der Waals surface area contributed by atoms with Crippen molar-refractivity contribution in [3.63, 3.8) is 0 Å². The van der Waals surface area contributed by atoms with Gasteiger partial charge in [-0.2, -0.15) is 4.37 Å². The van der Waals surface area contributed by atoms with Crippen LogP contribution in [0.5, 0.6) is 0 Å². The molecule has 0 spiro atoms. The van der Waals surface area contributed by atoms with Gasteiger partial charge in [-0.15, -0.1) is 11.3 Å². The Hall–Kier alpha value is -1.42. The van der Waals surface area contributed by atoms with E-state index in [0.29, 0.717) is 21.3 Å². The summed E-state index contributed by atoms with van der Waals surface area (Å²) in [5.41, 5.74) is 6.04. The van der Waals surface area contributed by atoms with Gasteiger partial charge in [-0.05, 0) is 59.8 Å². The van der Waals surface area contributed by atoms with Gasteiger partial charge in [0.15, 0.2) is 0 Å². The number of halogens is 1. The molecule has 3 N–H and O–H groups in total. The second-order valence-corrected chi connectivity index (χ2v) is 12.3. The molecule has 0 fully saturated rings. The smallest absolute Gasteiger partial charge is 0.261 e. The molecule has 0 aromatic carbocycles. The lowest BCUT2D eigenvalue weighted by Gasteiger charge is -2.40. The third kappa shape index (κ3) is 3.65. The number of nitrogens with two attached hydrogens (primary N) is 1. The number of aromatic nitrogens is 1. The first-order chi connectivity index (χ1) is 12.5. The Balaban J connectivity index is 1.90. The molecule has 3 heterocycles. The number of carbonyl (C=O) groups excluding carboxylic acids is 1. The summed E-state index contributed by atoms with van der Waals surface area (Å²) in [7, 11) is -2.55. The summed E-state index contributed by atoms with van der Waals surface area (Å²) in [6, 6.07) is 3.46. The van der Waals surface area contributed by atoms with Crippen LogP contribution in [-0.2, 0) is 21.6 Å². The minimum Gasteiger partial charge on any atom is -0.386 e. The number of nitrogens with one attached hydrogen (secondary N) is 1. The maximum atomic E-state index is 13.1. The zero-order chi connectivity index (χ0) is 20.0. The Morgan fingerprint density at radius 1 is 1.48 bits per heavy atom. The molecule has 0 radical (unpaired) electrons. The number of rotatable bonds is 4. The van der Waals surface area contributed by atoms with Gasteiger partial charge in [-0.3, -0.25) is 14.0 Å². The summed E-state index contributed by atoms with van der Waals surface area (Å²) < 4.78 is 16.5. The monoisotopic (exact) mass is 444 g/mol. The second kappa shape index (κ2) is 6.88. The summed E-state index contributed by atoms with van der Waals surface area (Å²) in [5, 5.41) is 5.09. The normalized spacial score (nSPS) is 27.2. The number of aliphatic imine (C=N–C) groups is 1. The van der Waals surface area contributed by atoms with Gasteiger partial charge in [0, 0.05) is 11.1 Å². The highest BCUT2D eigenvalue weighted by molar-refractivity contribution is 8.02. The van der Waals surface area contributed by atoms with Crippen molar-refractivity contribution in [2.75, 3.05) is 5.75 Å². The molecule has 0 bridgehead atoms. The van der Waals surface area contributed by atoms with Crippen molar-refractivity contribution in [1.82, 2.24) is 9.69 Å². The molecule has 146 valence electrons. The molecule has 1 unspecified atom stereocenters. The number of amides is 1. The molecule has 1 amide bonds. The fraction of sp³-hybridized carbons (Fsp3) is 0.412. The van der Waals surface area contributed by atoms with E-state index in [1.54, 1.807) is 19.9 Å². The fourth-order valence-corrected chi connectivity index (χ4v) is 6.89. The number of amidine groups is 1. The largest absolute Gasteiger partial charge is 0.386 e. The summed E-state index contributed by atoms with van der Waals surface area (Å²) in [6.07, 6.45) is 0. The molecule has 2 aromatic rings. The van der Waals surface area contributed by atoms with Crippen LogP contribution in [0, 0.1) is 0 Å². The van der Waals surface area contributed by atoms with E-state index in [-0.39, 0.29) is 17.5 Å². The van der Waals surface area contributed by atoms with Gasteiger partial charge < -0.3 is 11.1 Å². The molecular weight excluding hydrogens is 424 g/mol. The van der Waals surface area contributed by atoms with Crippen molar-refractivity contribution in [3.8, 4) is 0 Å². The third-order valence-corrected chi connectivity index (χ3v) is 10.2. The molecule has 3 rings (SSSR count). The summed E-state index contributed by atoms with van der Waals surface area (Å²) in [5.74, 6) is 4.19. The highest BCUT2D eigenvalue weighted by Gasteiger charge is 2.46. The maximum Gasteiger partial charge on any atom is 0.261 e. The Labute approximate surface area is 172 Å². The first kappa shape index (κ1) is 20.3. The van der Waals surface area contributed by atoms with Crippen molar-refractivity contribution >= 4 is 61.6 Å². The molecule has 1 aliphatic heterocycles. The zero-order valence-electron chi connectivity index (χ0n) is 15.2. The Bertz CT molecular complexity index is 1010. The average Bonchev–Trinajstić information content (AvgIpc) is 3.20. The van der Waals surface area contributed by atoms with E-state index < -0.39 is 19.8 Å². The highest BCUT2D eigenvalue weighted by atomic mass is 35.5. The predicted octanol–water partition coefficient (Wildman–Crippen LogP) is 2.87. The van der Waals surface area contributed by atoms with Crippen LogP contribution in [0.4, 0.5) is 0 Å².